The van der Waals surface area contributed by atoms with Crippen LogP contribution < -0.4 is 5.32 Å². The molecule has 110 valence electrons. The van der Waals surface area contributed by atoms with E-state index in [4.69, 9.17) is 4.74 Å². The molecule has 0 heterocycles. The zero-order valence-electron chi connectivity index (χ0n) is 11.9. The highest BCUT2D eigenvalue weighted by molar-refractivity contribution is 5.77. The number of amides is 1. The summed E-state index contributed by atoms with van der Waals surface area (Å²) in [6, 6.07) is -0.0753. The van der Waals surface area contributed by atoms with Gasteiger partial charge in [0.1, 0.15) is 6.61 Å². The molecule has 0 spiro atoms. The fourth-order valence-electron chi connectivity index (χ4n) is 3.24. The second-order valence-corrected chi connectivity index (χ2v) is 6.14. The molecule has 0 aliphatic heterocycles. The van der Waals surface area contributed by atoms with E-state index in [-0.39, 0.29) is 30.8 Å². The van der Waals surface area contributed by atoms with Gasteiger partial charge in [-0.05, 0) is 31.6 Å². The number of ether oxygens (including phenoxy) is 1. The van der Waals surface area contributed by atoms with Crippen LogP contribution in [0.25, 0.3) is 0 Å². The van der Waals surface area contributed by atoms with Gasteiger partial charge in [-0.1, -0.05) is 32.6 Å². The Kier molecular flexibility index (Phi) is 5.64. The third-order valence-electron chi connectivity index (χ3n) is 4.54. The number of rotatable bonds is 4. The van der Waals surface area contributed by atoms with Crippen molar-refractivity contribution in [1.82, 2.24) is 5.32 Å². The SMILES string of the molecule is CC1CCCCC1OCC(=O)NC1CCCCC1O. The lowest BCUT2D eigenvalue weighted by molar-refractivity contribution is -0.131. The first-order chi connectivity index (χ1) is 9.16. The molecule has 2 aliphatic carbocycles. The zero-order valence-corrected chi connectivity index (χ0v) is 11.9. The Hall–Kier alpha value is -0.610. The van der Waals surface area contributed by atoms with Gasteiger partial charge in [0, 0.05) is 0 Å². The summed E-state index contributed by atoms with van der Waals surface area (Å²) >= 11 is 0. The van der Waals surface area contributed by atoms with Crippen LogP contribution in [0.1, 0.15) is 58.3 Å². The van der Waals surface area contributed by atoms with Crippen LogP contribution in [-0.2, 0) is 9.53 Å². The molecule has 2 aliphatic rings. The van der Waals surface area contributed by atoms with Crippen molar-refractivity contribution in [3.8, 4) is 0 Å². The highest BCUT2D eigenvalue weighted by atomic mass is 16.5. The third kappa shape index (κ3) is 4.46. The normalized spacial score (nSPS) is 35.9. The number of hydrogen-bond donors (Lipinski definition) is 2. The summed E-state index contributed by atoms with van der Waals surface area (Å²) < 4.78 is 5.74. The fraction of sp³-hybridized carbons (Fsp3) is 0.933. The van der Waals surface area contributed by atoms with Crippen molar-refractivity contribution in [2.45, 2.75) is 76.5 Å². The van der Waals surface area contributed by atoms with Crippen LogP contribution in [0.4, 0.5) is 0 Å². The van der Waals surface area contributed by atoms with Gasteiger partial charge in [0.2, 0.25) is 5.91 Å². The van der Waals surface area contributed by atoms with Gasteiger partial charge in [-0.2, -0.15) is 0 Å². The molecule has 2 N–H and O–H groups in total. The summed E-state index contributed by atoms with van der Waals surface area (Å²) in [7, 11) is 0. The molecule has 4 atom stereocenters. The second-order valence-electron chi connectivity index (χ2n) is 6.14. The van der Waals surface area contributed by atoms with E-state index >= 15 is 0 Å². The maximum Gasteiger partial charge on any atom is 0.246 e. The summed E-state index contributed by atoms with van der Waals surface area (Å²) in [6.45, 7) is 2.34. The maximum atomic E-state index is 11.9. The summed E-state index contributed by atoms with van der Waals surface area (Å²) in [5.41, 5.74) is 0. The van der Waals surface area contributed by atoms with Crippen molar-refractivity contribution < 1.29 is 14.6 Å². The Morgan fingerprint density at radius 2 is 1.84 bits per heavy atom. The van der Waals surface area contributed by atoms with Crippen LogP contribution in [0.5, 0.6) is 0 Å². The smallest absolute Gasteiger partial charge is 0.246 e. The van der Waals surface area contributed by atoms with Crippen molar-refractivity contribution in [3.63, 3.8) is 0 Å². The Morgan fingerprint density at radius 1 is 1.16 bits per heavy atom. The topological polar surface area (TPSA) is 58.6 Å². The molecule has 0 bridgehead atoms. The molecular formula is C15H27NO3. The van der Waals surface area contributed by atoms with E-state index in [1.165, 1.54) is 19.3 Å². The van der Waals surface area contributed by atoms with Gasteiger partial charge in [0.05, 0.1) is 18.2 Å². The molecule has 1 amide bonds. The first kappa shape index (κ1) is 14.8. The average molecular weight is 269 g/mol. The van der Waals surface area contributed by atoms with E-state index in [0.29, 0.717) is 5.92 Å². The number of aliphatic hydroxyl groups is 1. The lowest BCUT2D eigenvalue weighted by Crippen LogP contribution is -2.46. The molecule has 0 saturated heterocycles. The minimum absolute atomic E-state index is 0.0753. The minimum atomic E-state index is -0.383. The van der Waals surface area contributed by atoms with Crippen LogP contribution in [0.15, 0.2) is 0 Å². The van der Waals surface area contributed by atoms with Gasteiger partial charge in [0.15, 0.2) is 0 Å². The zero-order chi connectivity index (χ0) is 13.7. The molecule has 0 aromatic heterocycles. The van der Waals surface area contributed by atoms with Gasteiger partial charge in [-0.15, -0.1) is 0 Å². The number of hydrogen-bond acceptors (Lipinski definition) is 3. The number of nitrogens with one attached hydrogen (secondary N) is 1. The molecule has 2 rings (SSSR count). The van der Waals surface area contributed by atoms with Crippen LogP contribution in [0.2, 0.25) is 0 Å². The van der Waals surface area contributed by atoms with E-state index in [1.807, 2.05) is 0 Å². The molecule has 4 unspecified atom stereocenters. The van der Waals surface area contributed by atoms with Crippen LogP contribution >= 0.6 is 0 Å². The van der Waals surface area contributed by atoms with Gasteiger partial charge >= 0.3 is 0 Å². The molecule has 2 fully saturated rings. The third-order valence-corrected chi connectivity index (χ3v) is 4.54. The molecule has 0 aromatic carbocycles. The molecule has 19 heavy (non-hydrogen) atoms. The lowest BCUT2D eigenvalue weighted by atomic mass is 9.88. The molecule has 2 saturated carbocycles. The number of carbonyl (C=O) groups excluding carboxylic acids is 1. The van der Waals surface area contributed by atoms with Crippen molar-refractivity contribution in [1.29, 1.82) is 0 Å². The largest absolute Gasteiger partial charge is 0.391 e. The van der Waals surface area contributed by atoms with Crippen molar-refractivity contribution in [3.05, 3.63) is 0 Å². The van der Waals surface area contributed by atoms with E-state index < -0.39 is 0 Å². The standard InChI is InChI=1S/C15H27NO3/c1-11-6-2-5-9-14(11)19-10-15(18)16-12-7-3-4-8-13(12)17/h11-14,17H,2-10H2,1H3,(H,16,18). The predicted octanol–water partition coefficient (Wildman–Crippen LogP) is 2.00. The average Bonchev–Trinajstić information content (AvgIpc) is 2.40. The van der Waals surface area contributed by atoms with E-state index in [2.05, 4.69) is 12.2 Å². The van der Waals surface area contributed by atoms with Crippen molar-refractivity contribution in [2.24, 2.45) is 5.92 Å². The predicted molar refractivity (Wildman–Crippen MR) is 73.8 cm³/mol. The Morgan fingerprint density at radius 3 is 2.58 bits per heavy atom. The Balaban J connectivity index is 1.69. The van der Waals surface area contributed by atoms with Crippen molar-refractivity contribution in [2.75, 3.05) is 6.61 Å². The highest BCUT2D eigenvalue weighted by Gasteiger charge is 2.26. The van der Waals surface area contributed by atoms with Crippen LogP contribution in [-0.4, -0.2) is 35.9 Å². The second kappa shape index (κ2) is 7.25. The van der Waals surface area contributed by atoms with E-state index in [0.717, 1.165) is 32.1 Å². The minimum Gasteiger partial charge on any atom is -0.391 e. The van der Waals surface area contributed by atoms with Gasteiger partial charge < -0.3 is 15.2 Å². The molecule has 4 heteroatoms. The molecular weight excluding hydrogens is 242 g/mol. The summed E-state index contributed by atoms with van der Waals surface area (Å²) in [5.74, 6) is 0.477. The van der Waals surface area contributed by atoms with Gasteiger partial charge in [-0.25, -0.2) is 0 Å². The van der Waals surface area contributed by atoms with Crippen LogP contribution in [0, 0.1) is 5.92 Å². The maximum absolute atomic E-state index is 11.9. The molecule has 4 nitrogen and oxygen atoms in total. The van der Waals surface area contributed by atoms with E-state index in [9.17, 15) is 9.90 Å². The first-order valence-corrected chi connectivity index (χ1v) is 7.76. The fourth-order valence-corrected chi connectivity index (χ4v) is 3.24. The van der Waals surface area contributed by atoms with Crippen molar-refractivity contribution >= 4 is 5.91 Å². The molecule has 0 radical (unpaired) electrons. The Bertz CT molecular complexity index is 295. The van der Waals surface area contributed by atoms with Gasteiger partial charge in [-0.3, -0.25) is 4.79 Å². The summed E-state index contributed by atoms with van der Waals surface area (Å²) in [6.07, 6.45) is 8.43. The number of carbonyl (C=O) groups is 1. The quantitative estimate of drug-likeness (QED) is 0.820. The van der Waals surface area contributed by atoms with Crippen LogP contribution in [0.3, 0.4) is 0 Å². The summed E-state index contributed by atoms with van der Waals surface area (Å²) in [4.78, 5) is 11.9. The van der Waals surface area contributed by atoms with E-state index in [1.54, 1.807) is 0 Å². The first-order valence-electron chi connectivity index (χ1n) is 7.76. The number of aliphatic hydroxyl groups excluding tert-OH is 1. The van der Waals surface area contributed by atoms with Gasteiger partial charge in [0.25, 0.3) is 0 Å². The highest BCUT2D eigenvalue weighted by Crippen LogP contribution is 2.26. The monoisotopic (exact) mass is 269 g/mol. The Labute approximate surface area is 115 Å². The molecule has 0 aromatic rings. The summed E-state index contributed by atoms with van der Waals surface area (Å²) in [5, 5.41) is 12.7. The lowest BCUT2D eigenvalue weighted by Gasteiger charge is -2.30.